The van der Waals surface area contributed by atoms with Crippen LogP contribution in [0.4, 0.5) is 0 Å². The lowest BCUT2D eigenvalue weighted by atomic mass is 10.3. The van der Waals surface area contributed by atoms with Crippen LogP contribution >= 0.6 is 22.9 Å². The maximum absolute atomic E-state index is 11.5. The van der Waals surface area contributed by atoms with E-state index in [0.29, 0.717) is 6.54 Å². The summed E-state index contributed by atoms with van der Waals surface area (Å²) in [5.74, 6) is 0.0190. The molecule has 5 heteroatoms. The second kappa shape index (κ2) is 6.89. The number of carbonyl (C=O) groups is 1. The molecule has 1 aromatic heterocycles. The van der Waals surface area contributed by atoms with Crippen LogP contribution in [0.3, 0.4) is 0 Å². The number of rotatable bonds is 6. The van der Waals surface area contributed by atoms with Gasteiger partial charge in [-0.25, -0.2) is 0 Å². The maximum atomic E-state index is 11.5. The third-order valence-electron chi connectivity index (χ3n) is 2.11. The highest BCUT2D eigenvalue weighted by molar-refractivity contribution is 7.16. The van der Waals surface area contributed by atoms with Crippen LogP contribution < -0.4 is 10.6 Å². The van der Waals surface area contributed by atoms with Gasteiger partial charge in [0.15, 0.2) is 0 Å². The first kappa shape index (κ1) is 13.5. The van der Waals surface area contributed by atoms with E-state index in [1.165, 1.54) is 11.3 Å². The Bertz CT molecular complexity index is 340. The molecular weight excluding hydrogens is 244 g/mol. The Kier molecular flexibility index (Phi) is 5.80. The van der Waals surface area contributed by atoms with Crippen LogP contribution in [-0.4, -0.2) is 19.0 Å². The Morgan fingerprint density at radius 2 is 2.31 bits per heavy atom. The summed E-state index contributed by atoms with van der Waals surface area (Å²) in [6.45, 7) is 5.27. The van der Waals surface area contributed by atoms with Crippen molar-refractivity contribution in [2.24, 2.45) is 0 Å². The minimum absolute atomic E-state index is 0.0190. The molecule has 1 rings (SSSR count). The molecule has 0 spiro atoms. The zero-order chi connectivity index (χ0) is 12.0. The molecule has 1 atom stereocenters. The van der Waals surface area contributed by atoms with Gasteiger partial charge in [0, 0.05) is 4.88 Å². The molecule has 1 heterocycles. The molecule has 16 heavy (non-hydrogen) atoms. The fourth-order valence-electron chi connectivity index (χ4n) is 1.30. The quantitative estimate of drug-likeness (QED) is 0.772. The molecule has 90 valence electrons. The van der Waals surface area contributed by atoms with Crippen molar-refractivity contribution in [2.75, 3.05) is 13.1 Å². The maximum Gasteiger partial charge on any atom is 0.234 e. The molecule has 1 aromatic rings. The van der Waals surface area contributed by atoms with Crippen LogP contribution in [-0.2, 0) is 4.79 Å². The molecule has 0 radical (unpaired) electrons. The normalized spacial score (nSPS) is 12.4. The van der Waals surface area contributed by atoms with Crippen LogP contribution in [0.1, 0.15) is 31.2 Å². The summed E-state index contributed by atoms with van der Waals surface area (Å²) in [5, 5.41) is 5.98. The summed E-state index contributed by atoms with van der Waals surface area (Å²) >= 11 is 7.33. The molecular formula is C11H17ClN2OS. The van der Waals surface area contributed by atoms with Crippen molar-refractivity contribution in [1.29, 1.82) is 0 Å². The minimum Gasteiger partial charge on any atom is -0.348 e. The third-order valence-corrected chi connectivity index (χ3v) is 3.52. The van der Waals surface area contributed by atoms with Gasteiger partial charge in [-0.2, -0.15) is 0 Å². The Balaban J connectivity index is 2.33. The lowest BCUT2D eigenvalue weighted by molar-refractivity contribution is -0.120. The Morgan fingerprint density at radius 3 is 2.88 bits per heavy atom. The van der Waals surface area contributed by atoms with Crippen LogP contribution in [0.25, 0.3) is 0 Å². The van der Waals surface area contributed by atoms with Gasteiger partial charge in [0.1, 0.15) is 0 Å². The van der Waals surface area contributed by atoms with E-state index in [-0.39, 0.29) is 11.9 Å². The SMILES string of the molecule is CCCNCC(=O)NC(C)c1ccc(Cl)s1. The smallest absolute Gasteiger partial charge is 0.234 e. The minimum atomic E-state index is 0.0190. The molecule has 1 unspecified atom stereocenters. The van der Waals surface area contributed by atoms with Gasteiger partial charge in [0.25, 0.3) is 0 Å². The molecule has 0 aromatic carbocycles. The van der Waals surface area contributed by atoms with Crippen molar-refractivity contribution in [3.63, 3.8) is 0 Å². The lowest BCUT2D eigenvalue weighted by Crippen LogP contribution is -2.35. The largest absolute Gasteiger partial charge is 0.348 e. The number of amides is 1. The van der Waals surface area contributed by atoms with Crippen LogP contribution in [0, 0.1) is 0 Å². The summed E-state index contributed by atoms with van der Waals surface area (Å²) in [4.78, 5) is 12.6. The molecule has 0 bridgehead atoms. The first-order valence-corrected chi connectivity index (χ1v) is 6.58. The van der Waals surface area contributed by atoms with Gasteiger partial charge in [0.2, 0.25) is 5.91 Å². The van der Waals surface area contributed by atoms with Gasteiger partial charge in [-0.15, -0.1) is 11.3 Å². The first-order chi connectivity index (χ1) is 7.63. The van der Waals surface area contributed by atoms with Crippen molar-refractivity contribution in [2.45, 2.75) is 26.3 Å². The van der Waals surface area contributed by atoms with Gasteiger partial charge in [0.05, 0.1) is 16.9 Å². The predicted octanol–water partition coefficient (Wildman–Crippen LogP) is 2.58. The van der Waals surface area contributed by atoms with Gasteiger partial charge < -0.3 is 10.6 Å². The Hall–Kier alpha value is -0.580. The Morgan fingerprint density at radius 1 is 1.56 bits per heavy atom. The lowest BCUT2D eigenvalue weighted by Gasteiger charge is -2.12. The zero-order valence-electron chi connectivity index (χ0n) is 9.55. The fourth-order valence-corrected chi connectivity index (χ4v) is 2.37. The number of thiophene rings is 1. The second-order valence-electron chi connectivity index (χ2n) is 3.61. The molecule has 1 amide bonds. The van der Waals surface area contributed by atoms with Gasteiger partial charge in [-0.05, 0) is 32.0 Å². The van der Waals surface area contributed by atoms with E-state index >= 15 is 0 Å². The van der Waals surface area contributed by atoms with Crippen molar-refractivity contribution >= 4 is 28.8 Å². The monoisotopic (exact) mass is 260 g/mol. The molecule has 2 N–H and O–H groups in total. The Labute approximate surface area is 105 Å². The van der Waals surface area contributed by atoms with E-state index < -0.39 is 0 Å². The molecule has 0 aliphatic carbocycles. The average molecular weight is 261 g/mol. The number of nitrogens with one attached hydrogen (secondary N) is 2. The van der Waals surface area contributed by atoms with E-state index in [4.69, 9.17) is 11.6 Å². The van der Waals surface area contributed by atoms with Gasteiger partial charge in [-0.3, -0.25) is 4.79 Å². The van der Waals surface area contributed by atoms with Crippen molar-refractivity contribution in [3.8, 4) is 0 Å². The highest BCUT2D eigenvalue weighted by atomic mass is 35.5. The van der Waals surface area contributed by atoms with Crippen LogP contribution in [0.15, 0.2) is 12.1 Å². The average Bonchev–Trinajstić information content (AvgIpc) is 2.65. The molecule has 0 saturated carbocycles. The standard InChI is InChI=1S/C11H17ClN2OS/c1-3-6-13-7-11(15)14-8(2)9-4-5-10(12)16-9/h4-5,8,13H,3,6-7H2,1-2H3,(H,14,15). The van der Waals surface area contributed by atoms with Crippen molar-refractivity contribution < 1.29 is 4.79 Å². The van der Waals surface area contributed by atoms with Gasteiger partial charge in [-0.1, -0.05) is 18.5 Å². The van der Waals surface area contributed by atoms with E-state index in [2.05, 4.69) is 17.6 Å². The number of carbonyl (C=O) groups excluding carboxylic acids is 1. The van der Waals surface area contributed by atoms with E-state index in [1.54, 1.807) is 0 Å². The summed E-state index contributed by atoms with van der Waals surface area (Å²) in [6, 6.07) is 3.81. The summed E-state index contributed by atoms with van der Waals surface area (Å²) in [5.41, 5.74) is 0. The number of hydrogen-bond acceptors (Lipinski definition) is 3. The third kappa shape index (κ3) is 4.51. The van der Waals surface area contributed by atoms with E-state index in [9.17, 15) is 4.79 Å². The number of halogens is 1. The molecule has 0 aliphatic rings. The van der Waals surface area contributed by atoms with E-state index in [0.717, 1.165) is 22.2 Å². The molecule has 0 saturated heterocycles. The van der Waals surface area contributed by atoms with E-state index in [1.807, 2.05) is 19.1 Å². The highest BCUT2D eigenvalue weighted by Crippen LogP contribution is 2.26. The molecule has 0 aliphatic heterocycles. The number of hydrogen-bond donors (Lipinski definition) is 2. The molecule has 0 fully saturated rings. The van der Waals surface area contributed by atoms with Crippen molar-refractivity contribution in [3.05, 3.63) is 21.3 Å². The first-order valence-electron chi connectivity index (χ1n) is 5.38. The summed E-state index contributed by atoms with van der Waals surface area (Å²) in [7, 11) is 0. The zero-order valence-corrected chi connectivity index (χ0v) is 11.1. The van der Waals surface area contributed by atoms with Crippen LogP contribution in [0.5, 0.6) is 0 Å². The molecule has 3 nitrogen and oxygen atoms in total. The van der Waals surface area contributed by atoms with Crippen molar-refractivity contribution in [1.82, 2.24) is 10.6 Å². The summed E-state index contributed by atoms with van der Waals surface area (Å²) < 4.78 is 0.750. The second-order valence-corrected chi connectivity index (χ2v) is 5.35. The topological polar surface area (TPSA) is 41.1 Å². The predicted molar refractivity (Wildman–Crippen MR) is 69.0 cm³/mol. The van der Waals surface area contributed by atoms with Gasteiger partial charge >= 0.3 is 0 Å². The summed E-state index contributed by atoms with van der Waals surface area (Å²) in [6.07, 6.45) is 1.03. The highest BCUT2D eigenvalue weighted by Gasteiger charge is 2.10. The fraction of sp³-hybridized carbons (Fsp3) is 0.545. The van der Waals surface area contributed by atoms with Crippen LogP contribution in [0.2, 0.25) is 4.34 Å².